The van der Waals surface area contributed by atoms with E-state index in [0.29, 0.717) is 0 Å². The van der Waals surface area contributed by atoms with Gasteiger partial charge in [-0.3, -0.25) is 9.69 Å². The molecule has 1 atom stereocenters. The van der Waals surface area contributed by atoms with E-state index in [2.05, 4.69) is 29.2 Å². The predicted octanol–water partition coefficient (Wildman–Crippen LogP) is 2.89. The summed E-state index contributed by atoms with van der Waals surface area (Å²) < 4.78 is 0. The van der Waals surface area contributed by atoms with Gasteiger partial charge in [-0.2, -0.15) is 0 Å². The van der Waals surface area contributed by atoms with E-state index in [0.717, 1.165) is 25.9 Å². The number of carbonyl (C=O) groups is 1. The molecule has 0 bridgehead atoms. The molecule has 3 heteroatoms. The van der Waals surface area contributed by atoms with E-state index in [1.165, 1.54) is 16.3 Å². The lowest BCUT2D eigenvalue weighted by Gasteiger charge is -2.21. The minimum Gasteiger partial charge on any atom is -0.480 e. The van der Waals surface area contributed by atoms with Crippen LogP contribution in [-0.4, -0.2) is 28.6 Å². The maximum Gasteiger partial charge on any atom is 0.320 e. The van der Waals surface area contributed by atoms with Gasteiger partial charge in [0.2, 0.25) is 0 Å². The molecule has 3 nitrogen and oxygen atoms in total. The fourth-order valence-electron chi connectivity index (χ4n) is 2.94. The summed E-state index contributed by atoms with van der Waals surface area (Å²) in [6, 6.07) is 14.2. The van der Waals surface area contributed by atoms with Crippen molar-refractivity contribution in [2.24, 2.45) is 0 Å². The maximum absolute atomic E-state index is 11.2. The zero-order chi connectivity index (χ0) is 13.2. The third-order valence-corrected chi connectivity index (χ3v) is 3.90. The Hall–Kier alpha value is -1.87. The third-order valence-electron chi connectivity index (χ3n) is 3.90. The van der Waals surface area contributed by atoms with Crippen LogP contribution in [0.3, 0.4) is 0 Å². The summed E-state index contributed by atoms with van der Waals surface area (Å²) in [5.41, 5.74) is 1.21. The normalized spacial score (nSPS) is 19.9. The first-order valence-electron chi connectivity index (χ1n) is 6.69. The second-order valence-corrected chi connectivity index (χ2v) is 5.11. The van der Waals surface area contributed by atoms with Gasteiger partial charge in [0.15, 0.2) is 0 Å². The van der Waals surface area contributed by atoms with Crippen molar-refractivity contribution in [2.75, 3.05) is 6.54 Å². The molecule has 1 aliphatic rings. The Labute approximate surface area is 112 Å². The lowest BCUT2D eigenvalue weighted by molar-refractivity contribution is -0.142. The molecule has 0 spiro atoms. The first-order valence-corrected chi connectivity index (χ1v) is 6.69. The van der Waals surface area contributed by atoms with Gasteiger partial charge in [-0.25, -0.2) is 0 Å². The van der Waals surface area contributed by atoms with E-state index in [4.69, 9.17) is 0 Å². The van der Waals surface area contributed by atoms with E-state index >= 15 is 0 Å². The molecule has 0 aliphatic carbocycles. The number of aliphatic carboxylic acids is 1. The standard InChI is InChI=1S/C16H17NO2/c18-16(19)15-9-4-10-17(15)11-13-7-3-6-12-5-1-2-8-14(12)13/h1-3,5-8,15H,4,9-11H2,(H,18,19)/t15-/m1/s1. The Morgan fingerprint density at radius 3 is 2.84 bits per heavy atom. The minimum absolute atomic E-state index is 0.320. The third kappa shape index (κ3) is 2.34. The number of nitrogens with zero attached hydrogens (tertiary/aromatic N) is 1. The van der Waals surface area contributed by atoms with Crippen molar-refractivity contribution in [1.29, 1.82) is 0 Å². The van der Waals surface area contributed by atoms with Crippen LogP contribution in [0.25, 0.3) is 10.8 Å². The summed E-state index contributed by atoms with van der Waals surface area (Å²) in [5, 5.41) is 11.7. The van der Waals surface area contributed by atoms with Gasteiger partial charge in [-0.05, 0) is 35.7 Å². The topological polar surface area (TPSA) is 40.5 Å². The van der Waals surface area contributed by atoms with E-state index in [9.17, 15) is 9.90 Å². The van der Waals surface area contributed by atoms with E-state index in [1.807, 2.05) is 18.2 Å². The zero-order valence-electron chi connectivity index (χ0n) is 10.7. The number of hydrogen-bond donors (Lipinski definition) is 1. The van der Waals surface area contributed by atoms with Crippen molar-refractivity contribution in [1.82, 2.24) is 4.90 Å². The van der Waals surface area contributed by atoms with Crippen molar-refractivity contribution in [2.45, 2.75) is 25.4 Å². The highest BCUT2D eigenvalue weighted by Crippen LogP contribution is 2.24. The summed E-state index contributed by atoms with van der Waals surface area (Å²) >= 11 is 0. The van der Waals surface area contributed by atoms with Crippen molar-refractivity contribution in [3.63, 3.8) is 0 Å². The molecule has 1 saturated heterocycles. The van der Waals surface area contributed by atoms with E-state index in [1.54, 1.807) is 0 Å². The second-order valence-electron chi connectivity index (χ2n) is 5.11. The molecule has 98 valence electrons. The highest BCUT2D eigenvalue weighted by molar-refractivity contribution is 5.85. The Bertz CT molecular complexity index is 603. The number of benzene rings is 2. The zero-order valence-corrected chi connectivity index (χ0v) is 10.7. The average molecular weight is 255 g/mol. The Kier molecular flexibility index (Phi) is 3.22. The van der Waals surface area contributed by atoms with Crippen LogP contribution in [-0.2, 0) is 11.3 Å². The molecular weight excluding hydrogens is 238 g/mol. The molecule has 1 aliphatic heterocycles. The lowest BCUT2D eigenvalue weighted by atomic mass is 10.0. The van der Waals surface area contributed by atoms with Crippen molar-refractivity contribution in [3.05, 3.63) is 48.0 Å². The van der Waals surface area contributed by atoms with Crippen molar-refractivity contribution in [3.8, 4) is 0 Å². The second kappa shape index (κ2) is 5.02. The molecule has 0 radical (unpaired) electrons. The Morgan fingerprint density at radius 1 is 1.21 bits per heavy atom. The Morgan fingerprint density at radius 2 is 2.00 bits per heavy atom. The fourth-order valence-corrected chi connectivity index (χ4v) is 2.94. The van der Waals surface area contributed by atoms with E-state index < -0.39 is 5.97 Å². The fraction of sp³-hybridized carbons (Fsp3) is 0.312. The first kappa shape index (κ1) is 12.2. The first-order chi connectivity index (χ1) is 9.25. The molecule has 1 heterocycles. The smallest absolute Gasteiger partial charge is 0.320 e. The minimum atomic E-state index is -0.697. The van der Waals surface area contributed by atoms with Crippen LogP contribution in [0.15, 0.2) is 42.5 Å². The highest BCUT2D eigenvalue weighted by atomic mass is 16.4. The molecule has 1 fully saturated rings. The lowest BCUT2D eigenvalue weighted by Crippen LogP contribution is -2.35. The maximum atomic E-state index is 11.2. The molecular formula is C16H17NO2. The monoisotopic (exact) mass is 255 g/mol. The quantitative estimate of drug-likeness (QED) is 0.916. The number of fused-ring (bicyclic) bond motifs is 1. The van der Waals surface area contributed by atoms with Gasteiger partial charge in [-0.1, -0.05) is 42.5 Å². The van der Waals surface area contributed by atoms with Gasteiger partial charge >= 0.3 is 5.97 Å². The summed E-state index contributed by atoms with van der Waals surface area (Å²) in [4.78, 5) is 13.3. The molecule has 19 heavy (non-hydrogen) atoms. The van der Waals surface area contributed by atoms with E-state index in [-0.39, 0.29) is 6.04 Å². The van der Waals surface area contributed by atoms with Crippen LogP contribution in [0, 0.1) is 0 Å². The van der Waals surface area contributed by atoms with Crippen LogP contribution >= 0.6 is 0 Å². The predicted molar refractivity (Wildman–Crippen MR) is 75.0 cm³/mol. The van der Waals surface area contributed by atoms with Gasteiger partial charge < -0.3 is 5.11 Å². The number of hydrogen-bond acceptors (Lipinski definition) is 2. The van der Waals surface area contributed by atoms with Gasteiger partial charge in [-0.15, -0.1) is 0 Å². The van der Waals surface area contributed by atoms with Gasteiger partial charge in [0, 0.05) is 6.54 Å². The summed E-state index contributed by atoms with van der Waals surface area (Å²) in [5.74, 6) is -0.697. The van der Waals surface area contributed by atoms with Crippen LogP contribution < -0.4 is 0 Å². The molecule has 0 saturated carbocycles. The molecule has 0 amide bonds. The van der Waals surface area contributed by atoms with Gasteiger partial charge in [0.1, 0.15) is 6.04 Å². The van der Waals surface area contributed by atoms with Gasteiger partial charge in [0.05, 0.1) is 0 Å². The summed E-state index contributed by atoms with van der Waals surface area (Å²) in [6.45, 7) is 1.60. The number of carboxylic acid groups (broad SMARTS) is 1. The van der Waals surface area contributed by atoms with Crippen LogP contribution in [0.1, 0.15) is 18.4 Å². The number of carboxylic acids is 1. The number of rotatable bonds is 3. The molecule has 1 N–H and O–H groups in total. The summed E-state index contributed by atoms with van der Waals surface area (Å²) in [7, 11) is 0. The summed E-state index contributed by atoms with van der Waals surface area (Å²) in [6.07, 6.45) is 1.74. The average Bonchev–Trinajstić information content (AvgIpc) is 2.87. The van der Waals surface area contributed by atoms with Crippen LogP contribution in [0.5, 0.6) is 0 Å². The van der Waals surface area contributed by atoms with Crippen molar-refractivity contribution >= 4 is 16.7 Å². The molecule has 2 aromatic rings. The molecule has 3 rings (SSSR count). The molecule has 2 aromatic carbocycles. The molecule has 0 aromatic heterocycles. The SMILES string of the molecule is O=C(O)[C@H]1CCCN1Cc1cccc2ccccc12. The van der Waals surface area contributed by atoms with Crippen LogP contribution in [0.2, 0.25) is 0 Å². The highest BCUT2D eigenvalue weighted by Gasteiger charge is 2.30. The van der Waals surface area contributed by atoms with Gasteiger partial charge in [0.25, 0.3) is 0 Å². The number of likely N-dealkylation sites (tertiary alicyclic amines) is 1. The van der Waals surface area contributed by atoms with Crippen LogP contribution in [0.4, 0.5) is 0 Å². The largest absolute Gasteiger partial charge is 0.480 e. The Balaban J connectivity index is 1.91. The van der Waals surface area contributed by atoms with Crippen molar-refractivity contribution < 1.29 is 9.90 Å². The molecule has 0 unspecified atom stereocenters.